The van der Waals surface area contributed by atoms with Crippen molar-refractivity contribution >= 4 is 11.6 Å². The molecule has 0 radical (unpaired) electrons. The third kappa shape index (κ3) is 2.95. The molecule has 142 valence electrons. The molecule has 0 unspecified atom stereocenters. The van der Waals surface area contributed by atoms with E-state index in [4.69, 9.17) is 14.2 Å². The molecule has 2 aliphatic rings. The van der Waals surface area contributed by atoms with Gasteiger partial charge in [0.2, 0.25) is 6.79 Å². The number of halogens is 1. The molecule has 8 nitrogen and oxygen atoms in total. The summed E-state index contributed by atoms with van der Waals surface area (Å²) >= 11 is 0. The van der Waals surface area contributed by atoms with Crippen LogP contribution in [0.5, 0.6) is 11.5 Å². The van der Waals surface area contributed by atoms with Crippen LogP contribution in [0.1, 0.15) is 27.8 Å². The van der Waals surface area contributed by atoms with Gasteiger partial charge in [-0.25, -0.2) is 9.07 Å². The van der Waals surface area contributed by atoms with Gasteiger partial charge in [0, 0.05) is 11.8 Å². The molecule has 1 amide bonds. The Morgan fingerprint density at radius 3 is 2.82 bits per heavy atom. The molecule has 2 aromatic carbocycles. The van der Waals surface area contributed by atoms with Crippen LogP contribution in [0.25, 0.3) is 0 Å². The molecular weight excluding hydrogens is 367 g/mol. The van der Waals surface area contributed by atoms with Crippen LogP contribution in [0.3, 0.4) is 0 Å². The van der Waals surface area contributed by atoms with E-state index in [0.29, 0.717) is 29.4 Å². The Bertz CT molecular complexity index is 1050. The molecule has 5 rings (SSSR count). The molecule has 0 spiro atoms. The van der Waals surface area contributed by atoms with E-state index < -0.39 is 0 Å². The van der Waals surface area contributed by atoms with Crippen molar-refractivity contribution in [1.82, 2.24) is 15.0 Å². The van der Waals surface area contributed by atoms with E-state index >= 15 is 0 Å². The molecule has 2 aliphatic heterocycles. The van der Waals surface area contributed by atoms with Crippen LogP contribution in [0.15, 0.2) is 42.5 Å². The quantitative estimate of drug-likeness (QED) is 0.749. The largest absolute Gasteiger partial charge is 0.454 e. The maximum absolute atomic E-state index is 13.1. The third-order valence-electron chi connectivity index (χ3n) is 4.68. The first-order valence-corrected chi connectivity index (χ1v) is 8.68. The van der Waals surface area contributed by atoms with Crippen LogP contribution in [0.4, 0.5) is 10.1 Å². The molecule has 1 atom stereocenters. The average Bonchev–Trinajstić information content (AvgIpc) is 3.34. The van der Waals surface area contributed by atoms with Gasteiger partial charge in [0.1, 0.15) is 11.9 Å². The van der Waals surface area contributed by atoms with Gasteiger partial charge in [0.05, 0.1) is 18.8 Å². The number of hydrogen-bond donors (Lipinski definition) is 1. The van der Waals surface area contributed by atoms with E-state index in [1.54, 1.807) is 35.0 Å². The fourth-order valence-corrected chi connectivity index (χ4v) is 3.23. The van der Waals surface area contributed by atoms with Gasteiger partial charge < -0.3 is 19.5 Å². The monoisotopic (exact) mass is 382 g/mol. The van der Waals surface area contributed by atoms with Gasteiger partial charge in [-0.15, -0.1) is 5.10 Å². The number of rotatable bonds is 3. The van der Waals surface area contributed by atoms with Crippen LogP contribution in [-0.4, -0.2) is 27.7 Å². The second-order valence-corrected chi connectivity index (χ2v) is 6.44. The fourth-order valence-electron chi connectivity index (χ4n) is 3.23. The highest BCUT2D eigenvalue weighted by atomic mass is 19.1. The van der Waals surface area contributed by atoms with Crippen LogP contribution < -0.4 is 14.8 Å². The number of aromatic nitrogens is 3. The van der Waals surface area contributed by atoms with E-state index in [2.05, 4.69) is 15.6 Å². The van der Waals surface area contributed by atoms with Crippen molar-refractivity contribution in [2.75, 3.05) is 12.1 Å². The van der Waals surface area contributed by atoms with Gasteiger partial charge in [-0.2, -0.15) is 0 Å². The smallest absolute Gasteiger partial charge is 0.278 e. The molecule has 0 aliphatic carbocycles. The highest BCUT2D eigenvalue weighted by Crippen LogP contribution is 2.34. The summed E-state index contributed by atoms with van der Waals surface area (Å²) < 4.78 is 31.2. The standard InChI is InChI=1S/C19H15FN4O4/c20-12-3-1-11(2-4-12)17-8-24-14(9-26-17)18(22-23-24)19(25)21-13-5-6-15-16(7-13)28-10-27-15/h1-7,17H,8-10H2,(H,21,25)/t17-/m1/s1. The zero-order chi connectivity index (χ0) is 19.1. The Kier molecular flexibility index (Phi) is 3.94. The van der Waals surface area contributed by atoms with Gasteiger partial charge in [-0.3, -0.25) is 4.79 Å². The lowest BCUT2D eigenvalue weighted by atomic mass is 10.1. The van der Waals surface area contributed by atoms with Gasteiger partial charge in [0.15, 0.2) is 17.2 Å². The number of fused-ring (bicyclic) bond motifs is 2. The highest BCUT2D eigenvalue weighted by molar-refractivity contribution is 6.03. The molecule has 1 N–H and O–H groups in total. The van der Waals surface area contributed by atoms with Crippen molar-refractivity contribution in [2.24, 2.45) is 0 Å². The summed E-state index contributed by atoms with van der Waals surface area (Å²) in [7, 11) is 0. The molecule has 0 bridgehead atoms. The predicted octanol–water partition coefficient (Wildman–Crippen LogP) is 2.67. The molecule has 0 fully saturated rings. The first-order valence-electron chi connectivity index (χ1n) is 8.68. The first-order chi connectivity index (χ1) is 13.7. The molecule has 3 aromatic rings. The third-order valence-corrected chi connectivity index (χ3v) is 4.68. The molecule has 9 heteroatoms. The average molecular weight is 382 g/mol. The number of nitrogens with one attached hydrogen (secondary N) is 1. The molecule has 0 saturated heterocycles. The second-order valence-electron chi connectivity index (χ2n) is 6.44. The number of amides is 1. The summed E-state index contributed by atoms with van der Waals surface area (Å²) in [5.74, 6) is 0.528. The lowest BCUT2D eigenvalue weighted by molar-refractivity contribution is -0.00174. The predicted molar refractivity (Wildman–Crippen MR) is 94.5 cm³/mol. The van der Waals surface area contributed by atoms with E-state index in [1.807, 2.05) is 0 Å². The second kappa shape index (κ2) is 6.61. The Hall–Kier alpha value is -3.46. The Labute approximate surface area is 158 Å². The summed E-state index contributed by atoms with van der Waals surface area (Å²) in [5, 5.41) is 10.9. The van der Waals surface area contributed by atoms with Gasteiger partial charge in [-0.05, 0) is 29.8 Å². The first kappa shape index (κ1) is 16.7. The zero-order valence-corrected chi connectivity index (χ0v) is 14.6. The minimum atomic E-state index is -0.385. The summed E-state index contributed by atoms with van der Waals surface area (Å²) in [5.41, 5.74) is 2.21. The highest BCUT2D eigenvalue weighted by Gasteiger charge is 2.28. The van der Waals surface area contributed by atoms with Gasteiger partial charge >= 0.3 is 0 Å². The Balaban J connectivity index is 1.33. The Morgan fingerprint density at radius 2 is 1.96 bits per heavy atom. The van der Waals surface area contributed by atoms with Gasteiger partial charge in [-0.1, -0.05) is 17.3 Å². The van der Waals surface area contributed by atoms with Crippen LogP contribution in [0.2, 0.25) is 0 Å². The molecule has 3 heterocycles. The Morgan fingerprint density at radius 1 is 1.14 bits per heavy atom. The number of ether oxygens (including phenoxy) is 3. The van der Waals surface area contributed by atoms with Crippen LogP contribution in [0, 0.1) is 5.82 Å². The maximum Gasteiger partial charge on any atom is 0.278 e. The summed E-state index contributed by atoms with van der Waals surface area (Å²) in [6, 6.07) is 11.3. The fraction of sp³-hybridized carbons (Fsp3) is 0.211. The van der Waals surface area contributed by atoms with Crippen molar-refractivity contribution in [3.8, 4) is 11.5 Å². The number of carbonyl (C=O) groups is 1. The van der Waals surface area contributed by atoms with Crippen LogP contribution >= 0.6 is 0 Å². The number of carbonyl (C=O) groups excluding carboxylic acids is 1. The minimum Gasteiger partial charge on any atom is -0.454 e. The topological polar surface area (TPSA) is 87.5 Å². The lowest BCUT2D eigenvalue weighted by Gasteiger charge is -2.24. The molecular formula is C19H15FN4O4. The normalized spacial score (nSPS) is 17.2. The maximum atomic E-state index is 13.1. The summed E-state index contributed by atoms with van der Waals surface area (Å²) in [4.78, 5) is 12.6. The summed E-state index contributed by atoms with van der Waals surface area (Å²) in [6.45, 7) is 0.738. The van der Waals surface area contributed by atoms with E-state index in [9.17, 15) is 9.18 Å². The number of anilines is 1. The van der Waals surface area contributed by atoms with E-state index in [1.165, 1.54) is 12.1 Å². The number of benzene rings is 2. The van der Waals surface area contributed by atoms with Crippen molar-refractivity contribution in [3.05, 3.63) is 65.2 Å². The van der Waals surface area contributed by atoms with Crippen molar-refractivity contribution < 1.29 is 23.4 Å². The van der Waals surface area contributed by atoms with E-state index in [-0.39, 0.29) is 36.9 Å². The van der Waals surface area contributed by atoms with Gasteiger partial charge in [0.25, 0.3) is 5.91 Å². The van der Waals surface area contributed by atoms with E-state index in [0.717, 1.165) is 5.56 Å². The summed E-state index contributed by atoms with van der Waals surface area (Å²) in [6.07, 6.45) is -0.278. The minimum absolute atomic E-state index is 0.164. The lowest BCUT2D eigenvalue weighted by Crippen LogP contribution is -2.24. The molecule has 0 saturated carbocycles. The van der Waals surface area contributed by atoms with Crippen molar-refractivity contribution in [2.45, 2.75) is 19.3 Å². The van der Waals surface area contributed by atoms with Crippen molar-refractivity contribution in [3.63, 3.8) is 0 Å². The zero-order valence-electron chi connectivity index (χ0n) is 14.6. The van der Waals surface area contributed by atoms with Crippen LogP contribution in [-0.2, 0) is 17.9 Å². The number of hydrogen-bond acceptors (Lipinski definition) is 6. The van der Waals surface area contributed by atoms with Crippen molar-refractivity contribution in [1.29, 1.82) is 0 Å². The SMILES string of the molecule is O=C(Nc1ccc2c(c1)OCO2)c1nnn2c1CO[C@@H](c1ccc(F)cc1)C2. The molecule has 1 aromatic heterocycles. The molecule has 28 heavy (non-hydrogen) atoms. The number of nitrogens with zero attached hydrogens (tertiary/aromatic N) is 3.